The zero-order chi connectivity index (χ0) is 16.9. The van der Waals surface area contributed by atoms with Crippen molar-refractivity contribution in [2.24, 2.45) is 0 Å². The van der Waals surface area contributed by atoms with Gasteiger partial charge in [-0.15, -0.1) is 0 Å². The molecule has 1 N–H and O–H groups in total. The number of aromatic amines is 1. The SMILES string of the molecule is COCCOc1ccnc(C[S+]([O-])c2nc3ccccc3[nH]2)c1C.[NaH]. The van der Waals surface area contributed by atoms with Gasteiger partial charge >= 0.3 is 34.7 Å². The Hall–Kier alpha value is -1.09. The van der Waals surface area contributed by atoms with Crippen LogP contribution in [0, 0.1) is 6.92 Å². The first-order valence-corrected chi connectivity index (χ1v) is 8.90. The van der Waals surface area contributed by atoms with Gasteiger partial charge in [0.15, 0.2) is 5.75 Å². The first-order valence-electron chi connectivity index (χ1n) is 7.58. The average Bonchev–Trinajstić information content (AvgIpc) is 3.02. The predicted octanol–water partition coefficient (Wildman–Crippen LogP) is 1.95. The van der Waals surface area contributed by atoms with Gasteiger partial charge in [0, 0.05) is 30.0 Å². The van der Waals surface area contributed by atoms with Crippen LogP contribution in [0.2, 0.25) is 0 Å². The Balaban J connectivity index is 0.00000225. The summed E-state index contributed by atoms with van der Waals surface area (Å²) in [6.45, 7) is 2.90. The Morgan fingerprint density at radius 3 is 2.76 bits per heavy atom. The molecule has 0 bridgehead atoms. The third kappa shape index (κ3) is 4.97. The number of hydrogen-bond donors (Lipinski definition) is 1. The molecule has 0 fully saturated rings. The van der Waals surface area contributed by atoms with Gasteiger partial charge in [0.25, 0.3) is 0 Å². The van der Waals surface area contributed by atoms with Gasteiger partial charge in [-0.3, -0.25) is 9.97 Å². The molecule has 3 rings (SSSR count). The van der Waals surface area contributed by atoms with Gasteiger partial charge in [0.2, 0.25) is 0 Å². The standard InChI is InChI=1S/C17H19N3O3S.Na.H/c1-12-15(18-8-7-16(12)23-10-9-22-2)11-24(21)17-19-13-5-3-4-6-14(13)20-17;;/h3-8H,9-11H2,1-2H3,(H,19,20);;. The molecule has 2 aromatic heterocycles. The van der Waals surface area contributed by atoms with Crippen molar-refractivity contribution >= 4 is 51.8 Å². The topological polar surface area (TPSA) is 83.1 Å². The van der Waals surface area contributed by atoms with E-state index >= 15 is 0 Å². The molecular formula is C17H20N3NaO3S. The van der Waals surface area contributed by atoms with Gasteiger partial charge in [0.05, 0.1) is 23.3 Å². The number of hydrogen-bond acceptors (Lipinski definition) is 5. The zero-order valence-electron chi connectivity index (χ0n) is 13.6. The van der Waals surface area contributed by atoms with Crippen molar-refractivity contribution in [1.82, 2.24) is 15.0 Å². The van der Waals surface area contributed by atoms with Crippen LogP contribution in [0.3, 0.4) is 0 Å². The maximum atomic E-state index is 12.6. The van der Waals surface area contributed by atoms with E-state index in [1.165, 1.54) is 0 Å². The van der Waals surface area contributed by atoms with Crippen LogP contribution in [0.1, 0.15) is 11.3 Å². The summed E-state index contributed by atoms with van der Waals surface area (Å²) >= 11 is -1.30. The van der Waals surface area contributed by atoms with E-state index < -0.39 is 11.2 Å². The van der Waals surface area contributed by atoms with Crippen molar-refractivity contribution < 1.29 is 14.0 Å². The number of H-pyrrole nitrogens is 1. The Labute approximate surface area is 171 Å². The first kappa shape index (κ1) is 20.2. The number of nitrogens with zero attached hydrogens (tertiary/aromatic N) is 2. The molecule has 128 valence electrons. The Morgan fingerprint density at radius 2 is 2.00 bits per heavy atom. The number of para-hydroxylation sites is 2. The summed E-state index contributed by atoms with van der Waals surface area (Å²) in [6.07, 6.45) is 1.67. The average molecular weight is 369 g/mol. The number of imidazole rings is 1. The first-order chi connectivity index (χ1) is 11.7. The monoisotopic (exact) mass is 369 g/mol. The normalized spacial score (nSPS) is 12.0. The van der Waals surface area contributed by atoms with E-state index in [1.54, 1.807) is 19.4 Å². The fourth-order valence-corrected chi connectivity index (χ4v) is 3.43. The molecule has 0 aliphatic carbocycles. The third-order valence-corrected chi connectivity index (χ3v) is 4.82. The number of benzene rings is 1. The van der Waals surface area contributed by atoms with Gasteiger partial charge in [-0.1, -0.05) is 12.1 Å². The number of aromatic nitrogens is 3. The number of nitrogens with one attached hydrogen (secondary N) is 1. The second-order valence-corrected chi connectivity index (χ2v) is 6.64. The summed E-state index contributed by atoms with van der Waals surface area (Å²) in [5.41, 5.74) is 3.31. The van der Waals surface area contributed by atoms with E-state index in [1.807, 2.05) is 31.2 Å². The van der Waals surface area contributed by atoms with E-state index in [0.29, 0.717) is 18.4 Å². The molecule has 0 aliphatic rings. The molecule has 8 heteroatoms. The minimum atomic E-state index is -1.30. The van der Waals surface area contributed by atoms with E-state index in [0.717, 1.165) is 28.0 Å². The molecule has 1 unspecified atom stereocenters. The maximum absolute atomic E-state index is 12.6. The molecule has 0 saturated heterocycles. The summed E-state index contributed by atoms with van der Waals surface area (Å²) in [6, 6.07) is 9.43. The Kier molecular flexibility index (Phi) is 7.74. The second-order valence-electron chi connectivity index (χ2n) is 5.27. The van der Waals surface area contributed by atoms with Crippen LogP contribution in [0.4, 0.5) is 0 Å². The molecule has 6 nitrogen and oxygen atoms in total. The van der Waals surface area contributed by atoms with Gasteiger partial charge in [-0.25, -0.2) is 0 Å². The fourth-order valence-electron chi connectivity index (χ4n) is 2.33. The number of fused-ring (bicyclic) bond motifs is 1. The van der Waals surface area contributed by atoms with Gasteiger partial charge < -0.3 is 14.0 Å². The van der Waals surface area contributed by atoms with E-state index in [-0.39, 0.29) is 35.3 Å². The van der Waals surface area contributed by atoms with Crippen LogP contribution in [0.15, 0.2) is 41.7 Å². The van der Waals surface area contributed by atoms with Crippen LogP contribution >= 0.6 is 0 Å². The van der Waals surface area contributed by atoms with Crippen molar-refractivity contribution in [2.45, 2.75) is 17.8 Å². The van der Waals surface area contributed by atoms with Crippen molar-refractivity contribution in [3.8, 4) is 5.75 Å². The molecular weight excluding hydrogens is 349 g/mol. The van der Waals surface area contributed by atoms with Gasteiger partial charge in [0.1, 0.15) is 12.4 Å². The quantitative estimate of drug-likeness (QED) is 0.391. The van der Waals surface area contributed by atoms with Crippen molar-refractivity contribution in [3.05, 3.63) is 47.8 Å². The van der Waals surface area contributed by atoms with Gasteiger partial charge in [-0.05, 0) is 25.1 Å². The van der Waals surface area contributed by atoms with Crippen molar-refractivity contribution in [2.75, 3.05) is 20.3 Å². The molecule has 0 aliphatic heterocycles. The molecule has 0 amide bonds. The zero-order valence-corrected chi connectivity index (χ0v) is 14.4. The van der Waals surface area contributed by atoms with Crippen LogP contribution in [-0.2, 0) is 21.7 Å². The summed E-state index contributed by atoms with van der Waals surface area (Å²) in [7, 11) is 1.63. The van der Waals surface area contributed by atoms with Crippen molar-refractivity contribution in [3.63, 3.8) is 0 Å². The predicted molar refractivity (Wildman–Crippen MR) is 99.7 cm³/mol. The second kappa shape index (κ2) is 9.56. The third-order valence-electron chi connectivity index (χ3n) is 3.65. The number of rotatable bonds is 7. The molecule has 3 aromatic rings. The fraction of sp³-hybridized carbons (Fsp3) is 0.294. The van der Waals surface area contributed by atoms with Crippen LogP contribution in [0.5, 0.6) is 5.75 Å². The van der Waals surface area contributed by atoms with Gasteiger partial charge in [-0.2, -0.15) is 4.98 Å². The van der Waals surface area contributed by atoms with Crippen LogP contribution < -0.4 is 4.74 Å². The van der Waals surface area contributed by atoms with E-state index in [2.05, 4.69) is 15.0 Å². The summed E-state index contributed by atoms with van der Waals surface area (Å²) < 4.78 is 23.3. The molecule has 1 atom stereocenters. The Morgan fingerprint density at radius 1 is 1.20 bits per heavy atom. The number of ether oxygens (including phenoxy) is 2. The summed E-state index contributed by atoms with van der Waals surface area (Å²) in [5, 5.41) is 0.461. The van der Waals surface area contributed by atoms with E-state index in [4.69, 9.17) is 9.47 Å². The minimum absolute atomic E-state index is 0. The molecule has 0 radical (unpaired) electrons. The molecule has 2 heterocycles. The molecule has 25 heavy (non-hydrogen) atoms. The summed E-state index contributed by atoms with van der Waals surface area (Å²) in [5.74, 6) is 1.02. The van der Waals surface area contributed by atoms with E-state index in [9.17, 15) is 4.55 Å². The number of pyridine rings is 1. The number of methoxy groups -OCH3 is 1. The molecule has 0 spiro atoms. The summed E-state index contributed by atoms with van der Waals surface area (Å²) in [4.78, 5) is 11.8. The van der Waals surface area contributed by atoms with Crippen LogP contribution in [0.25, 0.3) is 11.0 Å². The Bertz CT molecular complexity index is 795. The molecule has 0 saturated carbocycles. The molecule has 1 aromatic carbocycles. The van der Waals surface area contributed by atoms with Crippen molar-refractivity contribution in [1.29, 1.82) is 0 Å². The van der Waals surface area contributed by atoms with Crippen LogP contribution in [-0.4, -0.2) is 69.4 Å².